The molecule has 0 bridgehead atoms. The molecule has 2 aliphatic heterocycles. The molecule has 38 heavy (non-hydrogen) atoms. The maximum Gasteiger partial charge on any atom is 0.416 e. The van der Waals surface area contributed by atoms with Gasteiger partial charge in [-0.15, -0.1) is 0 Å². The molecule has 11 heteroatoms. The van der Waals surface area contributed by atoms with Crippen LogP contribution in [-0.4, -0.2) is 63.5 Å². The van der Waals surface area contributed by atoms with Gasteiger partial charge in [-0.3, -0.25) is 19.2 Å². The van der Waals surface area contributed by atoms with Gasteiger partial charge in [0.15, 0.2) is 0 Å². The molecule has 0 atom stereocenters. The van der Waals surface area contributed by atoms with E-state index in [2.05, 4.69) is 16.9 Å². The molecule has 0 N–H and O–H groups in total. The molecule has 0 radical (unpaired) electrons. The van der Waals surface area contributed by atoms with Gasteiger partial charge in [-0.05, 0) is 72.6 Å². The predicted octanol–water partition coefficient (Wildman–Crippen LogP) is 5.63. The fourth-order valence-corrected chi connectivity index (χ4v) is 5.91. The average molecular weight is 545 g/mol. The molecule has 1 aromatic heterocycles. The summed E-state index contributed by atoms with van der Waals surface area (Å²) in [7, 11) is 1.32. The van der Waals surface area contributed by atoms with Crippen LogP contribution in [0.5, 0.6) is 5.75 Å². The predicted molar refractivity (Wildman–Crippen MR) is 140 cm³/mol. The number of rotatable bonds is 6. The monoisotopic (exact) mass is 544 g/mol. The van der Waals surface area contributed by atoms with Crippen LogP contribution in [0.15, 0.2) is 47.5 Å². The summed E-state index contributed by atoms with van der Waals surface area (Å²) in [4.78, 5) is 29.8. The highest BCUT2D eigenvalue weighted by atomic mass is 32.2. The number of hydrogen-bond donors (Lipinski definition) is 0. The van der Waals surface area contributed by atoms with Gasteiger partial charge in [0.1, 0.15) is 5.75 Å². The van der Waals surface area contributed by atoms with Crippen LogP contribution in [0.2, 0.25) is 0 Å². The lowest BCUT2D eigenvalue weighted by atomic mass is 10.0. The topological polar surface area (TPSA) is 67.7 Å². The maximum absolute atomic E-state index is 13.6. The number of halogens is 3. The zero-order valence-corrected chi connectivity index (χ0v) is 21.8. The number of carbonyl (C=O) groups excluding carboxylic acids is 2. The number of nitrogens with zero attached hydrogens (tertiary/aromatic N) is 4. The van der Waals surface area contributed by atoms with E-state index < -0.39 is 11.7 Å². The first-order valence-electron chi connectivity index (χ1n) is 12.4. The summed E-state index contributed by atoms with van der Waals surface area (Å²) in [5, 5.41) is 4.77. The smallest absolute Gasteiger partial charge is 0.416 e. The molecule has 2 aliphatic rings. The highest BCUT2D eigenvalue weighted by Crippen LogP contribution is 2.37. The van der Waals surface area contributed by atoms with Crippen LogP contribution in [0.4, 0.5) is 18.0 Å². The number of aromatic nitrogens is 2. The van der Waals surface area contributed by atoms with Gasteiger partial charge in [0.05, 0.1) is 35.8 Å². The van der Waals surface area contributed by atoms with E-state index in [9.17, 15) is 22.8 Å². The Balaban J connectivity index is 1.36. The second-order valence-electron chi connectivity index (χ2n) is 9.36. The minimum Gasteiger partial charge on any atom is -0.497 e. The zero-order valence-electron chi connectivity index (χ0n) is 21.0. The quantitative estimate of drug-likeness (QED) is 0.375. The third-order valence-corrected chi connectivity index (χ3v) is 7.98. The molecule has 2 aromatic carbocycles. The SMILES string of the molecule is CCN1CCC(N2C(=O)S/C(=C\c3ccc4c(cnn4Cc4ccc(OC)cc4C(F)(F)F)c3)C2=O)CC1. The number of piperidine rings is 1. The van der Waals surface area contributed by atoms with E-state index in [0.717, 1.165) is 50.3 Å². The lowest BCUT2D eigenvalue weighted by Crippen LogP contribution is -2.46. The molecule has 3 aromatic rings. The molecular weight excluding hydrogens is 517 g/mol. The van der Waals surface area contributed by atoms with Gasteiger partial charge in [-0.25, -0.2) is 0 Å². The molecule has 2 amide bonds. The lowest BCUT2D eigenvalue weighted by molar-refractivity contribution is -0.138. The van der Waals surface area contributed by atoms with Crippen molar-refractivity contribution in [3.05, 3.63) is 64.2 Å². The molecule has 3 heterocycles. The Hall–Kier alpha value is -3.31. The van der Waals surface area contributed by atoms with Gasteiger partial charge < -0.3 is 9.64 Å². The summed E-state index contributed by atoms with van der Waals surface area (Å²) < 4.78 is 47.4. The molecular formula is C27H27F3N4O3S. The van der Waals surface area contributed by atoms with Gasteiger partial charge in [0, 0.05) is 24.5 Å². The minimum absolute atomic E-state index is 0.0720. The largest absolute Gasteiger partial charge is 0.497 e. The van der Waals surface area contributed by atoms with Crippen molar-refractivity contribution in [1.82, 2.24) is 19.6 Å². The molecule has 5 rings (SSSR count). The van der Waals surface area contributed by atoms with E-state index in [4.69, 9.17) is 4.74 Å². The van der Waals surface area contributed by atoms with E-state index >= 15 is 0 Å². The first kappa shape index (κ1) is 26.3. The standard InChI is InChI=1S/C27H27F3N4O3S/c1-3-32-10-8-20(9-11-32)34-25(35)24(38-26(34)36)13-17-4-7-23-19(12-17)15-31-33(23)16-18-5-6-21(37-2)14-22(18)27(28,29)30/h4-7,12-15,20H,3,8-11,16H2,1-2H3/b24-13-. The second-order valence-corrected chi connectivity index (χ2v) is 10.4. The fourth-order valence-electron chi connectivity index (χ4n) is 5.01. The van der Waals surface area contributed by atoms with Gasteiger partial charge in [0.25, 0.3) is 11.1 Å². The van der Waals surface area contributed by atoms with Crippen molar-refractivity contribution >= 4 is 39.9 Å². The first-order chi connectivity index (χ1) is 18.2. The summed E-state index contributed by atoms with van der Waals surface area (Å²) in [5.74, 6) is -0.142. The van der Waals surface area contributed by atoms with Crippen molar-refractivity contribution in [2.24, 2.45) is 0 Å². The number of imide groups is 1. The van der Waals surface area contributed by atoms with Gasteiger partial charge >= 0.3 is 6.18 Å². The molecule has 2 fully saturated rings. The number of carbonyl (C=O) groups is 2. The summed E-state index contributed by atoms with van der Waals surface area (Å²) >= 11 is 0.943. The Labute approximate surface area is 222 Å². The van der Waals surface area contributed by atoms with E-state index in [1.165, 1.54) is 28.8 Å². The fraction of sp³-hybridized carbons (Fsp3) is 0.370. The highest BCUT2D eigenvalue weighted by Gasteiger charge is 2.40. The second kappa shape index (κ2) is 10.5. The number of ether oxygens (including phenoxy) is 1. The average Bonchev–Trinajstić information content (AvgIpc) is 3.42. The molecule has 200 valence electrons. The van der Waals surface area contributed by atoms with Gasteiger partial charge in [-0.2, -0.15) is 18.3 Å². The first-order valence-corrected chi connectivity index (χ1v) is 13.2. The number of likely N-dealkylation sites (tertiary alicyclic amines) is 1. The Kier molecular flexibility index (Phi) is 7.23. The summed E-state index contributed by atoms with van der Waals surface area (Å²) in [6, 6.07) is 9.13. The Morgan fingerprint density at radius 3 is 2.58 bits per heavy atom. The van der Waals surface area contributed by atoms with Crippen LogP contribution >= 0.6 is 11.8 Å². The maximum atomic E-state index is 13.6. The zero-order chi connectivity index (χ0) is 27.0. The number of hydrogen-bond acceptors (Lipinski definition) is 6. The van der Waals surface area contributed by atoms with Crippen LogP contribution in [0, 0.1) is 0 Å². The summed E-state index contributed by atoms with van der Waals surface area (Å²) in [6.45, 7) is 4.71. The van der Waals surface area contributed by atoms with E-state index in [-0.39, 0.29) is 35.0 Å². The number of benzene rings is 2. The summed E-state index contributed by atoms with van der Waals surface area (Å²) in [5.41, 5.74) is 0.671. The molecule has 2 saturated heterocycles. The van der Waals surface area contributed by atoms with Crippen LogP contribution in [0.25, 0.3) is 17.0 Å². The van der Waals surface area contributed by atoms with Crippen molar-refractivity contribution in [2.75, 3.05) is 26.7 Å². The Morgan fingerprint density at radius 1 is 1.13 bits per heavy atom. The van der Waals surface area contributed by atoms with Crippen molar-refractivity contribution in [1.29, 1.82) is 0 Å². The van der Waals surface area contributed by atoms with E-state index in [1.54, 1.807) is 24.4 Å². The summed E-state index contributed by atoms with van der Waals surface area (Å²) in [6.07, 6.45) is 0.282. The number of amides is 2. The van der Waals surface area contributed by atoms with E-state index in [0.29, 0.717) is 21.4 Å². The highest BCUT2D eigenvalue weighted by molar-refractivity contribution is 8.18. The molecule has 0 saturated carbocycles. The van der Waals surface area contributed by atoms with Crippen molar-refractivity contribution in [3.63, 3.8) is 0 Å². The number of thioether (sulfide) groups is 1. The van der Waals surface area contributed by atoms with Crippen molar-refractivity contribution in [2.45, 2.75) is 38.5 Å². The number of methoxy groups -OCH3 is 1. The lowest BCUT2D eigenvalue weighted by Gasteiger charge is -2.34. The van der Waals surface area contributed by atoms with E-state index in [1.807, 2.05) is 6.07 Å². The van der Waals surface area contributed by atoms with Crippen LogP contribution in [0.3, 0.4) is 0 Å². The number of fused-ring (bicyclic) bond motifs is 1. The van der Waals surface area contributed by atoms with Gasteiger partial charge in [0.2, 0.25) is 0 Å². The van der Waals surface area contributed by atoms with Gasteiger partial charge in [-0.1, -0.05) is 19.1 Å². The Bertz CT molecular complexity index is 1410. The third-order valence-electron chi connectivity index (χ3n) is 7.10. The normalized spacial score (nSPS) is 18.8. The Morgan fingerprint density at radius 2 is 1.89 bits per heavy atom. The van der Waals surface area contributed by atoms with Crippen molar-refractivity contribution in [3.8, 4) is 5.75 Å². The molecule has 7 nitrogen and oxygen atoms in total. The van der Waals surface area contributed by atoms with Crippen LogP contribution in [0.1, 0.15) is 36.5 Å². The number of alkyl halides is 3. The third kappa shape index (κ3) is 5.17. The minimum atomic E-state index is -4.53. The molecule has 0 spiro atoms. The molecule has 0 unspecified atom stereocenters. The van der Waals surface area contributed by atoms with Crippen molar-refractivity contribution < 1.29 is 27.5 Å². The van der Waals surface area contributed by atoms with Crippen LogP contribution in [-0.2, 0) is 17.5 Å². The van der Waals surface area contributed by atoms with Crippen LogP contribution < -0.4 is 4.74 Å². The molecule has 0 aliphatic carbocycles.